The normalized spacial score (nSPS) is 14.2. The van der Waals surface area contributed by atoms with Crippen LogP contribution in [0.1, 0.15) is 168 Å². The van der Waals surface area contributed by atoms with Crippen molar-refractivity contribution in [2.45, 2.75) is 180 Å². The number of phosphoric ester groups is 1. The number of hydrogen-bond donors (Lipinski definition) is 3. The van der Waals surface area contributed by atoms with Crippen molar-refractivity contribution < 1.29 is 47.5 Å². The van der Waals surface area contributed by atoms with Crippen LogP contribution in [0.4, 0.5) is 0 Å². The van der Waals surface area contributed by atoms with Gasteiger partial charge in [0, 0.05) is 12.8 Å². The van der Waals surface area contributed by atoms with E-state index in [4.69, 9.17) is 24.8 Å². The molecule has 0 spiro atoms. The Balaban J connectivity index is 4.40. The minimum absolute atomic E-state index is 0.154. The number of rotatable bonds is 36. The molecule has 0 aromatic carbocycles. The Hall–Kier alpha value is -2.04. The van der Waals surface area contributed by atoms with E-state index in [1.54, 1.807) is 0 Å². The second-order valence-corrected chi connectivity index (χ2v) is 14.5. The molecule has 292 valence electrons. The third kappa shape index (κ3) is 33.1. The summed E-state index contributed by atoms with van der Waals surface area (Å²) in [5.74, 6) is -2.39. The van der Waals surface area contributed by atoms with Crippen LogP contribution in [-0.2, 0) is 37.5 Å². The highest BCUT2D eigenvalue weighted by Gasteiger charge is 2.28. The molecule has 0 saturated heterocycles. The van der Waals surface area contributed by atoms with Gasteiger partial charge in [0.15, 0.2) is 6.10 Å². The minimum Gasteiger partial charge on any atom is -0.480 e. The molecule has 0 aliphatic carbocycles. The quantitative estimate of drug-likeness (QED) is 0.0242. The fourth-order valence-corrected chi connectivity index (χ4v) is 5.87. The van der Waals surface area contributed by atoms with Gasteiger partial charge in [-0.15, -0.1) is 0 Å². The molecule has 12 heteroatoms. The summed E-state index contributed by atoms with van der Waals surface area (Å²) in [7, 11) is -4.71. The molecular weight excluding hydrogens is 661 g/mol. The van der Waals surface area contributed by atoms with Gasteiger partial charge in [0.1, 0.15) is 12.6 Å². The molecule has 0 fully saturated rings. The average molecular weight is 732 g/mol. The largest absolute Gasteiger partial charge is 0.480 e. The summed E-state index contributed by atoms with van der Waals surface area (Å²) >= 11 is 0. The standard InChI is InChI=1S/C38H70NO10P/c1-3-5-7-9-11-13-14-15-16-17-18-19-20-22-24-26-28-30-37(41)49-34(32-47-50(44,45)48-33-35(39)38(42)43)31-46-36(40)29-27-25-23-21-12-10-8-6-4-2/h11,13,15-16,34-35H,3-10,12,14,17-33,39H2,1-2H3,(H,42,43)(H,44,45)/b13-11-,16-15-. The van der Waals surface area contributed by atoms with E-state index in [0.29, 0.717) is 12.8 Å². The summed E-state index contributed by atoms with van der Waals surface area (Å²) in [6, 6.07) is -1.52. The summed E-state index contributed by atoms with van der Waals surface area (Å²) < 4.78 is 32.5. The Morgan fingerprint density at radius 3 is 1.60 bits per heavy atom. The number of esters is 2. The van der Waals surface area contributed by atoms with Gasteiger partial charge in [0.2, 0.25) is 0 Å². The predicted octanol–water partition coefficient (Wildman–Crippen LogP) is 9.50. The van der Waals surface area contributed by atoms with E-state index in [2.05, 4.69) is 42.7 Å². The molecule has 3 unspecified atom stereocenters. The fourth-order valence-electron chi connectivity index (χ4n) is 5.09. The van der Waals surface area contributed by atoms with Crippen molar-refractivity contribution in [1.29, 1.82) is 0 Å². The maximum atomic E-state index is 12.6. The monoisotopic (exact) mass is 731 g/mol. The molecule has 0 aromatic heterocycles. The highest BCUT2D eigenvalue weighted by atomic mass is 31.2. The molecule has 3 atom stereocenters. The van der Waals surface area contributed by atoms with Crippen LogP contribution in [0.5, 0.6) is 0 Å². The Labute approximate surface area is 302 Å². The van der Waals surface area contributed by atoms with Crippen molar-refractivity contribution in [3.63, 3.8) is 0 Å². The molecule has 0 bridgehead atoms. The van der Waals surface area contributed by atoms with Crippen LogP contribution in [0.3, 0.4) is 0 Å². The molecule has 0 saturated carbocycles. The molecular formula is C38H70NO10P. The van der Waals surface area contributed by atoms with Crippen molar-refractivity contribution in [2.75, 3.05) is 19.8 Å². The zero-order valence-electron chi connectivity index (χ0n) is 31.2. The SMILES string of the molecule is CCCCC/C=C\C/C=C\CCCCCCCCCC(=O)OC(COC(=O)CCCCCCCCCCC)COP(=O)(O)OCC(N)C(=O)O. The van der Waals surface area contributed by atoms with Gasteiger partial charge in [-0.05, 0) is 44.9 Å². The third-order valence-corrected chi connectivity index (χ3v) is 9.15. The first-order valence-electron chi connectivity index (χ1n) is 19.4. The number of ether oxygens (including phenoxy) is 2. The average Bonchev–Trinajstić information content (AvgIpc) is 3.09. The van der Waals surface area contributed by atoms with E-state index in [-0.39, 0.29) is 19.4 Å². The summed E-state index contributed by atoms with van der Waals surface area (Å²) in [5.41, 5.74) is 5.31. The molecule has 0 radical (unpaired) electrons. The predicted molar refractivity (Wildman–Crippen MR) is 199 cm³/mol. The van der Waals surface area contributed by atoms with E-state index < -0.39 is 51.1 Å². The molecule has 0 rings (SSSR count). The number of carboxylic acids is 1. The lowest BCUT2D eigenvalue weighted by Gasteiger charge is -2.20. The first kappa shape index (κ1) is 48.0. The lowest BCUT2D eigenvalue weighted by molar-refractivity contribution is -0.161. The van der Waals surface area contributed by atoms with E-state index in [1.807, 2.05) is 0 Å². The van der Waals surface area contributed by atoms with Crippen LogP contribution in [0.2, 0.25) is 0 Å². The maximum absolute atomic E-state index is 12.6. The number of unbranched alkanes of at least 4 members (excludes halogenated alkanes) is 18. The molecule has 0 aromatic rings. The lowest BCUT2D eigenvalue weighted by Crippen LogP contribution is -2.34. The molecule has 50 heavy (non-hydrogen) atoms. The summed E-state index contributed by atoms with van der Waals surface area (Å²) in [6.45, 7) is 2.73. The van der Waals surface area contributed by atoms with E-state index >= 15 is 0 Å². The van der Waals surface area contributed by atoms with Crippen molar-refractivity contribution in [3.05, 3.63) is 24.3 Å². The van der Waals surface area contributed by atoms with Gasteiger partial charge in [-0.1, -0.05) is 134 Å². The second kappa shape index (κ2) is 34.1. The molecule has 4 N–H and O–H groups in total. The van der Waals surface area contributed by atoms with Gasteiger partial charge < -0.3 is 25.2 Å². The maximum Gasteiger partial charge on any atom is 0.472 e. The number of hydrogen-bond acceptors (Lipinski definition) is 9. The van der Waals surface area contributed by atoms with Gasteiger partial charge in [0.25, 0.3) is 0 Å². The summed E-state index contributed by atoms with van der Waals surface area (Å²) in [6.07, 6.45) is 32.5. The Kier molecular flexibility index (Phi) is 32.7. The van der Waals surface area contributed by atoms with Crippen LogP contribution < -0.4 is 5.73 Å². The van der Waals surface area contributed by atoms with E-state index in [0.717, 1.165) is 57.8 Å². The second-order valence-electron chi connectivity index (χ2n) is 13.1. The Bertz CT molecular complexity index is 958. The number of phosphoric acid groups is 1. The third-order valence-electron chi connectivity index (χ3n) is 8.20. The number of carbonyl (C=O) groups excluding carboxylic acids is 2. The van der Waals surface area contributed by atoms with Crippen molar-refractivity contribution in [3.8, 4) is 0 Å². The van der Waals surface area contributed by atoms with Gasteiger partial charge in [-0.25, -0.2) is 4.57 Å². The zero-order chi connectivity index (χ0) is 37.1. The fraction of sp³-hybridized carbons (Fsp3) is 0.816. The smallest absolute Gasteiger partial charge is 0.472 e. The van der Waals surface area contributed by atoms with E-state index in [9.17, 15) is 23.8 Å². The topological polar surface area (TPSA) is 172 Å². The van der Waals surface area contributed by atoms with Crippen LogP contribution in [0.25, 0.3) is 0 Å². The number of carboxylic acid groups (broad SMARTS) is 1. The highest BCUT2D eigenvalue weighted by Crippen LogP contribution is 2.43. The molecule has 0 aliphatic rings. The number of nitrogens with two attached hydrogens (primary N) is 1. The summed E-state index contributed by atoms with van der Waals surface area (Å²) in [4.78, 5) is 45.7. The van der Waals surface area contributed by atoms with Crippen LogP contribution >= 0.6 is 7.82 Å². The number of aliphatic carboxylic acids is 1. The molecule has 0 amide bonds. The Morgan fingerprint density at radius 2 is 1.06 bits per heavy atom. The van der Waals surface area contributed by atoms with Gasteiger partial charge in [-0.3, -0.25) is 23.4 Å². The van der Waals surface area contributed by atoms with Crippen LogP contribution in [0, 0.1) is 0 Å². The van der Waals surface area contributed by atoms with E-state index in [1.165, 1.54) is 70.6 Å². The molecule has 0 heterocycles. The molecule has 0 aliphatic heterocycles. The molecule has 11 nitrogen and oxygen atoms in total. The van der Waals surface area contributed by atoms with Crippen LogP contribution in [-0.4, -0.2) is 59.9 Å². The van der Waals surface area contributed by atoms with Gasteiger partial charge in [0.05, 0.1) is 13.2 Å². The van der Waals surface area contributed by atoms with Gasteiger partial charge in [-0.2, -0.15) is 0 Å². The number of allylic oxidation sites excluding steroid dienone is 4. The zero-order valence-corrected chi connectivity index (χ0v) is 32.1. The lowest BCUT2D eigenvalue weighted by atomic mass is 10.1. The van der Waals surface area contributed by atoms with Crippen molar-refractivity contribution >= 4 is 25.7 Å². The minimum atomic E-state index is -4.71. The van der Waals surface area contributed by atoms with Crippen molar-refractivity contribution in [2.24, 2.45) is 5.73 Å². The number of carbonyl (C=O) groups is 3. The van der Waals surface area contributed by atoms with Crippen molar-refractivity contribution in [1.82, 2.24) is 0 Å². The Morgan fingerprint density at radius 1 is 0.620 bits per heavy atom. The first-order valence-corrected chi connectivity index (χ1v) is 20.9. The van der Waals surface area contributed by atoms with Crippen LogP contribution in [0.15, 0.2) is 24.3 Å². The van der Waals surface area contributed by atoms with Gasteiger partial charge >= 0.3 is 25.7 Å². The highest BCUT2D eigenvalue weighted by molar-refractivity contribution is 7.47. The first-order chi connectivity index (χ1) is 24.1. The summed E-state index contributed by atoms with van der Waals surface area (Å²) in [5, 5.41) is 8.85.